The average Bonchev–Trinajstić information content (AvgIpc) is 2.19. The number of hydrogen-bond donors (Lipinski definition) is 0. The molecule has 0 aromatic rings. The maximum Gasteiger partial charge on any atom is 0.196 e. The zero-order valence-corrected chi connectivity index (χ0v) is 8.12. The van der Waals surface area contributed by atoms with E-state index < -0.39 is 11.2 Å². The van der Waals surface area contributed by atoms with E-state index in [1.54, 1.807) is 0 Å². The van der Waals surface area contributed by atoms with Crippen LogP contribution < -0.4 is 0 Å². The van der Waals surface area contributed by atoms with Crippen molar-refractivity contribution in [2.75, 3.05) is 0 Å². The third kappa shape index (κ3) is 3.03. The summed E-state index contributed by atoms with van der Waals surface area (Å²) < 4.78 is 0. The highest BCUT2D eigenvalue weighted by Crippen LogP contribution is 2.37. The average molecular weight is 200 g/mol. The van der Waals surface area contributed by atoms with E-state index in [0.29, 0.717) is 6.29 Å². The number of Topliss-reactive ketones (excluding diaryl/α,β-unsaturated/α-hetero) is 1. The lowest BCUT2D eigenvalue weighted by atomic mass is 9.72. The first-order valence-electron chi connectivity index (χ1n) is 4.67. The Labute approximate surface area is 83.0 Å². The van der Waals surface area contributed by atoms with Crippen molar-refractivity contribution in [2.24, 2.45) is 5.41 Å². The molecule has 1 fully saturated rings. The van der Waals surface area contributed by atoms with E-state index in [2.05, 4.69) is 0 Å². The molecule has 0 aliphatic heterocycles. The molecule has 1 rings (SSSR count). The van der Waals surface area contributed by atoms with Crippen LogP contribution >= 0.6 is 0 Å². The standard InChI is InChI=1S/C10H14O3.H2O/c11-7-9(13)6-10(8-12)4-2-1-3-5-10;/h7-8H,1-6H2;1H2. The molecule has 0 atom stereocenters. The molecule has 2 N–H and O–H groups in total. The summed E-state index contributed by atoms with van der Waals surface area (Å²) in [6, 6.07) is 0. The van der Waals surface area contributed by atoms with Crippen LogP contribution in [-0.2, 0) is 14.4 Å². The summed E-state index contributed by atoms with van der Waals surface area (Å²) in [5.41, 5.74) is -0.518. The van der Waals surface area contributed by atoms with Crippen LogP contribution in [0.4, 0.5) is 0 Å². The Balaban J connectivity index is 0.00000169. The largest absolute Gasteiger partial charge is 0.412 e. The smallest absolute Gasteiger partial charge is 0.196 e. The Morgan fingerprint density at radius 2 is 1.71 bits per heavy atom. The van der Waals surface area contributed by atoms with E-state index in [0.717, 1.165) is 38.4 Å². The molecule has 1 aliphatic carbocycles. The van der Waals surface area contributed by atoms with Gasteiger partial charge in [0.25, 0.3) is 0 Å². The molecule has 0 unspecified atom stereocenters. The first kappa shape index (κ1) is 13.0. The van der Waals surface area contributed by atoms with Crippen LogP contribution in [0.1, 0.15) is 38.5 Å². The minimum atomic E-state index is -0.518. The highest BCUT2D eigenvalue weighted by molar-refractivity contribution is 6.25. The first-order valence-corrected chi connectivity index (χ1v) is 4.67. The Kier molecular flexibility index (Phi) is 5.23. The van der Waals surface area contributed by atoms with Crippen LogP contribution in [0.25, 0.3) is 0 Å². The van der Waals surface area contributed by atoms with E-state index in [1.807, 2.05) is 0 Å². The Morgan fingerprint density at radius 3 is 2.14 bits per heavy atom. The first-order chi connectivity index (χ1) is 6.22. The van der Waals surface area contributed by atoms with Crippen molar-refractivity contribution in [1.82, 2.24) is 0 Å². The monoisotopic (exact) mass is 200 g/mol. The molecule has 0 aromatic carbocycles. The summed E-state index contributed by atoms with van der Waals surface area (Å²) in [4.78, 5) is 32.0. The summed E-state index contributed by atoms with van der Waals surface area (Å²) in [5.74, 6) is -0.450. The molecule has 0 heterocycles. The highest BCUT2D eigenvalue weighted by Gasteiger charge is 2.33. The second-order valence-electron chi connectivity index (χ2n) is 3.80. The van der Waals surface area contributed by atoms with Crippen LogP contribution in [0.5, 0.6) is 0 Å². The maximum absolute atomic E-state index is 10.9. The predicted octanol–water partition coefficient (Wildman–Crippen LogP) is 0.469. The van der Waals surface area contributed by atoms with Crippen molar-refractivity contribution in [3.63, 3.8) is 0 Å². The molecule has 4 heteroatoms. The van der Waals surface area contributed by atoms with Gasteiger partial charge in [0.1, 0.15) is 6.29 Å². The third-order valence-corrected chi connectivity index (χ3v) is 2.76. The summed E-state index contributed by atoms with van der Waals surface area (Å²) in [5, 5.41) is 0. The molecule has 1 aliphatic rings. The van der Waals surface area contributed by atoms with Crippen LogP contribution in [0, 0.1) is 5.41 Å². The van der Waals surface area contributed by atoms with Gasteiger partial charge in [-0.1, -0.05) is 19.3 Å². The molecule has 0 bridgehead atoms. The van der Waals surface area contributed by atoms with Gasteiger partial charge in [-0.25, -0.2) is 0 Å². The fraction of sp³-hybridized carbons (Fsp3) is 0.700. The lowest BCUT2D eigenvalue weighted by molar-refractivity contribution is -0.134. The number of hydrogen-bond acceptors (Lipinski definition) is 3. The fourth-order valence-electron chi connectivity index (χ4n) is 1.98. The summed E-state index contributed by atoms with van der Waals surface area (Å²) in [6.45, 7) is 0. The third-order valence-electron chi connectivity index (χ3n) is 2.76. The van der Waals surface area contributed by atoms with Crippen molar-refractivity contribution in [2.45, 2.75) is 38.5 Å². The molecule has 4 nitrogen and oxygen atoms in total. The molecule has 0 saturated heterocycles. The van der Waals surface area contributed by atoms with Crippen LogP contribution in [0.3, 0.4) is 0 Å². The minimum Gasteiger partial charge on any atom is -0.412 e. The molecular weight excluding hydrogens is 184 g/mol. The zero-order chi connectivity index (χ0) is 9.73. The van der Waals surface area contributed by atoms with Gasteiger partial charge in [0, 0.05) is 11.8 Å². The topological polar surface area (TPSA) is 82.7 Å². The van der Waals surface area contributed by atoms with Gasteiger partial charge in [-0.15, -0.1) is 0 Å². The van der Waals surface area contributed by atoms with Crippen molar-refractivity contribution >= 4 is 18.4 Å². The normalized spacial score (nSPS) is 19.1. The predicted molar refractivity (Wildman–Crippen MR) is 50.9 cm³/mol. The van der Waals surface area contributed by atoms with Gasteiger partial charge < -0.3 is 10.3 Å². The molecule has 0 spiro atoms. The van der Waals surface area contributed by atoms with E-state index in [9.17, 15) is 14.4 Å². The van der Waals surface area contributed by atoms with E-state index in [1.165, 1.54) is 0 Å². The van der Waals surface area contributed by atoms with Crippen molar-refractivity contribution in [3.05, 3.63) is 0 Å². The Bertz CT molecular complexity index is 216. The van der Waals surface area contributed by atoms with Gasteiger partial charge in [0.05, 0.1) is 0 Å². The van der Waals surface area contributed by atoms with Crippen LogP contribution in [0.15, 0.2) is 0 Å². The zero-order valence-electron chi connectivity index (χ0n) is 8.12. The molecule has 0 aromatic heterocycles. The lowest BCUT2D eigenvalue weighted by Crippen LogP contribution is -2.29. The van der Waals surface area contributed by atoms with Crippen LogP contribution in [0.2, 0.25) is 0 Å². The number of aldehydes is 2. The quantitative estimate of drug-likeness (QED) is 0.488. The molecule has 0 radical (unpaired) electrons. The highest BCUT2D eigenvalue weighted by atomic mass is 16.2. The minimum absolute atomic E-state index is 0. The summed E-state index contributed by atoms with van der Waals surface area (Å²) in [6.07, 6.45) is 5.93. The van der Waals surface area contributed by atoms with Gasteiger partial charge >= 0.3 is 0 Å². The molecule has 80 valence electrons. The Hall–Kier alpha value is -1.03. The number of carbonyl (C=O) groups is 3. The van der Waals surface area contributed by atoms with E-state index in [4.69, 9.17) is 0 Å². The molecule has 14 heavy (non-hydrogen) atoms. The van der Waals surface area contributed by atoms with Crippen molar-refractivity contribution < 1.29 is 19.9 Å². The summed E-state index contributed by atoms with van der Waals surface area (Å²) >= 11 is 0. The second kappa shape index (κ2) is 5.65. The number of carbonyl (C=O) groups excluding carboxylic acids is 3. The molecule has 1 saturated carbocycles. The van der Waals surface area contributed by atoms with Gasteiger partial charge in [-0.2, -0.15) is 0 Å². The van der Waals surface area contributed by atoms with Gasteiger partial charge in [0.15, 0.2) is 12.1 Å². The fourth-order valence-corrected chi connectivity index (χ4v) is 1.98. The van der Waals surface area contributed by atoms with Crippen LogP contribution in [-0.4, -0.2) is 23.8 Å². The number of rotatable bonds is 4. The SMILES string of the molecule is O.O=CC(=O)CC1(C=O)CCCCC1. The van der Waals surface area contributed by atoms with E-state index >= 15 is 0 Å². The number of ketones is 1. The lowest BCUT2D eigenvalue weighted by Gasteiger charge is -2.30. The maximum atomic E-state index is 10.9. The van der Waals surface area contributed by atoms with Crippen molar-refractivity contribution in [1.29, 1.82) is 0 Å². The van der Waals surface area contributed by atoms with Gasteiger partial charge in [-0.05, 0) is 12.8 Å². The van der Waals surface area contributed by atoms with Crippen molar-refractivity contribution in [3.8, 4) is 0 Å². The molecular formula is C10H16O4. The van der Waals surface area contributed by atoms with Gasteiger partial charge in [0.2, 0.25) is 0 Å². The second-order valence-corrected chi connectivity index (χ2v) is 3.80. The van der Waals surface area contributed by atoms with Gasteiger partial charge in [-0.3, -0.25) is 9.59 Å². The Morgan fingerprint density at radius 1 is 1.14 bits per heavy atom. The van der Waals surface area contributed by atoms with E-state index in [-0.39, 0.29) is 11.9 Å². The summed E-state index contributed by atoms with van der Waals surface area (Å²) in [7, 11) is 0. The molecule has 0 amide bonds.